The van der Waals surface area contributed by atoms with Gasteiger partial charge in [0.15, 0.2) is 11.5 Å². The molecule has 1 aromatic carbocycles. The fourth-order valence-corrected chi connectivity index (χ4v) is 2.18. The average Bonchev–Trinajstić information content (AvgIpc) is 2.81. The maximum absolute atomic E-state index is 6.08. The molecule has 0 bridgehead atoms. The Morgan fingerprint density at radius 3 is 2.65 bits per heavy atom. The number of hydrogen-bond donors (Lipinski definition) is 0. The van der Waals surface area contributed by atoms with Crippen LogP contribution in [0.1, 0.15) is 0 Å². The van der Waals surface area contributed by atoms with Crippen LogP contribution < -0.4 is 0 Å². The second-order valence-corrected chi connectivity index (χ2v) is 4.62. The summed E-state index contributed by atoms with van der Waals surface area (Å²) < 4.78 is 2.47. The largest absolute Gasteiger partial charge is 0.248 e. The number of rotatable bonds is 1. The number of benzene rings is 1. The predicted molar refractivity (Wildman–Crippen MR) is 68.9 cm³/mol. The maximum atomic E-state index is 6.08. The lowest BCUT2D eigenvalue weighted by Gasteiger charge is -2.01. The summed E-state index contributed by atoms with van der Waals surface area (Å²) in [4.78, 5) is 4.07. The van der Waals surface area contributed by atoms with E-state index >= 15 is 0 Å². The van der Waals surface area contributed by atoms with E-state index in [1.807, 2.05) is 30.3 Å². The van der Waals surface area contributed by atoms with Crippen LogP contribution in [0, 0.1) is 0 Å². The first-order valence-electron chi connectivity index (χ1n) is 4.88. The average molecular weight is 310 g/mol. The van der Waals surface area contributed by atoms with Gasteiger partial charge >= 0.3 is 0 Å². The van der Waals surface area contributed by atoms with Gasteiger partial charge in [0, 0.05) is 11.8 Å². The number of aromatic nitrogens is 4. The molecular weight excluding hydrogens is 304 g/mol. The van der Waals surface area contributed by atoms with E-state index in [1.54, 1.807) is 10.6 Å². The lowest BCUT2D eigenvalue weighted by molar-refractivity contribution is 1.07. The van der Waals surface area contributed by atoms with Crippen molar-refractivity contribution in [3.8, 4) is 11.4 Å². The summed E-state index contributed by atoms with van der Waals surface area (Å²) in [6.07, 6.45) is 1.61. The summed E-state index contributed by atoms with van der Waals surface area (Å²) in [7, 11) is 0. The maximum Gasteiger partial charge on any atom is 0.210 e. The molecule has 4 nitrogen and oxygen atoms in total. The molecule has 0 aliphatic carbocycles. The van der Waals surface area contributed by atoms with Gasteiger partial charge in [-0.05, 0) is 27.5 Å². The van der Waals surface area contributed by atoms with E-state index in [0.29, 0.717) is 16.8 Å². The molecule has 0 aliphatic heterocycles. The van der Waals surface area contributed by atoms with E-state index in [9.17, 15) is 0 Å². The summed E-state index contributed by atoms with van der Waals surface area (Å²) in [5.74, 6) is 0.680. The quantitative estimate of drug-likeness (QED) is 0.648. The molecule has 3 rings (SSSR count). The zero-order valence-corrected chi connectivity index (χ0v) is 10.9. The van der Waals surface area contributed by atoms with Crippen molar-refractivity contribution < 1.29 is 0 Å². The molecular formula is C11H6BrClN4. The molecule has 2 heterocycles. The van der Waals surface area contributed by atoms with Crippen LogP contribution in [0.25, 0.3) is 17.0 Å². The van der Waals surface area contributed by atoms with Gasteiger partial charge < -0.3 is 0 Å². The van der Waals surface area contributed by atoms with E-state index in [2.05, 4.69) is 31.1 Å². The van der Waals surface area contributed by atoms with Crippen LogP contribution in [-0.4, -0.2) is 19.6 Å². The van der Waals surface area contributed by atoms with Crippen molar-refractivity contribution in [2.75, 3.05) is 0 Å². The second kappa shape index (κ2) is 4.09. The number of fused-ring (bicyclic) bond motifs is 1. The highest BCUT2D eigenvalue weighted by molar-refractivity contribution is 9.10. The first-order valence-corrected chi connectivity index (χ1v) is 6.05. The summed E-state index contributed by atoms with van der Waals surface area (Å²) in [6.45, 7) is 0. The molecule has 84 valence electrons. The van der Waals surface area contributed by atoms with Gasteiger partial charge in [-0.3, -0.25) is 0 Å². The van der Waals surface area contributed by atoms with E-state index in [4.69, 9.17) is 11.6 Å². The zero-order valence-electron chi connectivity index (χ0n) is 8.51. The van der Waals surface area contributed by atoms with E-state index in [0.717, 1.165) is 10.0 Å². The molecule has 0 unspecified atom stereocenters. The van der Waals surface area contributed by atoms with Gasteiger partial charge in [0.1, 0.15) is 0 Å². The van der Waals surface area contributed by atoms with Gasteiger partial charge in [-0.1, -0.05) is 30.3 Å². The van der Waals surface area contributed by atoms with Crippen molar-refractivity contribution in [3.05, 3.63) is 46.3 Å². The standard InChI is InChI=1S/C11H6BrClN4/c12-8-6-14-11(13)17-9(15-16-10(8)17)7-4-2-1-3-5-7/h1-6H. The Bertz CT molecular complexity index is 681. The Morgan fingerprint density at radius 1 is 1.12 bits per heavy atom. The minimum absolute atomic E-state index is 0.340. The Labute approximate surface area is 110 Å². The number of hydrogen-bond acceptors (Lipinski definition) is 3. The van der Waals surface area contributed by atoms with Crippen LogP contribution in [0.4, 0.5) is 0 Å². The first-order chi connectivity index (χ1) is 8.27. The van der Waals surface area contributed by atoms with Crippen molar-refractivity contribution >= 4 is 33.2 Å². The molecule has 0 spiro atoms. The van der Waals surface area contributed by atoms with Gasteiger partial charge in [0.05, 0.1) is 4.47 Å². The fraction of sp³-hybridized carbons (Fsp3) is 0. The SMILES string of the molecule is Clc1ncc(Br)c2nnc(-c3ccccc3)n12. The topological polar surface area (TPSA) is 43.1 Å². The van der Waals surface area contributed by atoms with Crippen molar-refractivity contribution in [1.82, 2.24) is 19.6 Å². The molecule has 0 saturated heterocycles. The molecule has 0 aliphatic rings. The molecule has 0 atom stereocenters. The van der Waals surface area contributed by atoms with Crippen LogP contribution in [0.5, 0.6) is 0 Å². The Kier molecular flexibility index (Phi) is 2.57. The van der Waals surface area contributed by atoms with Crippen LogP contribution in [0.2, 0.25) is 5.28 Å². The van der Waals surface area contributed by atoms with Gasteiger partial charge in [0.25, 0.3) is 0 Å². The van der Waals surface area contributed by atoms with E-state index < -0.39 is 0 Å². The van der Waals surface area contributed by atoms with Crippen molar-refractivity contribution in [2.24, 2.45) is 0 Å². The molecule has 17 heavy (non-hydrogen) atoms. The Morgan fingerprint density at radius 2 is 1.88 bits per heavy atom. The van der Waals surface area contributed by atoms with Gasteiger partial charge in [0.2, 0.25) is 5.28 Å². The summed E-state index contributed by atoms with van der Waals surface area (Å²) in [5, 5.41) is 8.58. The first kappa shape index (κ1) is 10.7. The summed E-state index contributed by atoms with van der Waals surface area (Å²) in [6, 6.07) is 9.73. The summed E-state index contributed by atoms with van der Waals surface area (Å²) in [5.41, 5.74) is 1.60. The highest BCUT2D eigenvalue weighted by Crippen LogP contribution is 2.24. The molecule has 0 saturated carbocycles. The van der Waals surface area contributed by atoms with E-state index in [1.165, 1.54) is 0 Å². The van der Waals surface area contributed by atoms with Crippen LogP contribution in [-0.2, 0) is 0 Å². The summed E-state index contributed by atoms with van der Waals surface area (Å²) >= 11 is 9.45. The molecule has 3 aromatic rings. The molecule has 0 N–H and O–H groups in total. The predicted octanol–water partition coefficient (Wildman–Crippen LogP) is 3.21. The minimum Gasteiger partial charge on any atom is -0.248 e. The molecule has 6 heteroatoms. The lowest BCUT2D eigenvalue weighted by Crippen LogP contribution is -1.94. The van der Waals surface area contributed by atoms with Crippen LogP contribution in [0.3, 0.4) is 0 Å². The molecule has 0 radical (unpaired) electrons. The smallest absolute Gasteiger partial charge is 0.210 e. The third kappa shape index (κ3) is 1.71. The van der Waals surface area contributed by atoms with Gasteiger partial charge in [-0.25, -0.2) is 9.38 Å². The minimum atomic E-state index is 0.340. The lowest BCUT2D eigenvalue weighted by atomic mass is 10.2. The Balaban J connectivity index is 2.36. The van der Waals surface area contributed by atoms with Crippen molar-refractivity contribution in [2.45, 2.75) is 0 Å². The highest BCUT2D eigenvalue weighted by Gasteiger charge is 2.13. The molecule has 0 fully saturated rings. The number of halogens is 2. The number of nitrogens with zero attached hydrogens (tertiary/aromatic N) is 4. The van der Waals surface area contributed by atoms with Crippen molar-refractivity contribution in [3.63, 3.8) is 0 Å². The molecule has 2 aromatic heterocycles. The highest BCUT2D eigenvalue weighted by atomic mass is 79.9. The zero-order chi connectivity index (χ0) is 11.8. The third-order valence-corrected chi connectivity index (χ3v) is 3.20. The van der Waals surface area contributed by atoms with Crippen molar-refractivity contribution in [1.29, 1.82) is 0 Å². The fourth-order valence-electron chi connectivity index (χ4n) is 1.61. The normalized spacial score (nSPS) is 10.9. The third-order valence-electron chi connectivity index (χ3n) is 2.38. The molecule has 0 amide bonds. The van der Waals surface area contributed by atoms with E-state index in [-0.39, 0.29) is 0 Å². The second-order valence-electron chi connectivity index (χ2n) is 3.42. The van der Waals surface area contributed by atoms with Crippen LogP contribution in [0.15, 0.2) is 41.0 Å². The van der Waals surface area contributed by atoms with Crippen LogP contribution >= 0.6 is 27.5 Å². The monoisotopic (exact) mass is 308 g/mol. The van der Waals surface area contributed by atoms with Gasteiger partial charge in [-0.2, -0.15) is 0 Å². The Hall–Kier alpha value is -1.46. The van der Waals surface area contributed by atoms with Gasteiger partial charge in [-0.15, -0.1) is 10.2 Å².